The maximum absolute atomic E-state index is 13.0. The van der Waals surface area contributed by atoms with Crippen molar-refractivity contribution < 1.29 is 9.53 Å². The standard InChI is InChI=1S/C24H28ClN3O2/c1-3-10-26-24(29)21-13-18-6-9-20(30-2)14-22(18)28-12-11-27(16-23(21)28)15-17-4-7-19(25)8-5-17/h3-9,14,21,23H,1,10-13,15-16H2,2H3,(H,26,29)/t21-,23+/m0/s1. The molecule has 0 bridgehead atoms. The van der Waals surface area contributed by atoms with Crippen LogP contribution in [0, 0.1) is 5.92 Å². The number of halogens is 1. The Balaban J connectivity index is 1.58. The minimum absolute atomic E-state index is 0.0970. The van der Waals surface area contributed by atoms with Gasteiger partial charge in [0, 0.05) is 49.5 Å². The molecular formula is C24H28ClN3O2. The summed E-state index contributed by atoms with van der Waals surface area (Å²) in [4.78, 5) is 17.8. The van der Waals surface area contributed by atoms with Crippen LogP contribution in [0.4, 0.5) is 5.69 Å². The van der Waals surface area contributed by atoms with Crippen LogP contribution < -0.4 is 15.0 Å². The number of carbonyl (C=O) groups excluding carboxylic acids is 1. The molecule has 2 heterocycles. The molecule has 158 valence electrons. The normalized spacial score (nSPS) is 20.8. The van der Waals surface area contributed by atoms with Crippen molar-refractivity contribution in [1.82, 2.24) is 10.2 Å². The molecule has 0 saturated carbocycles. The molecule has 0 aliphatic carbocycles. The highest BCUT2D eigenvalue weighted by Crippen LogP contribution is 2.38. The fraction of sp³-hybridized carbons (Fsp3) is 0.375. The highest BCUT2D eigenvalue weighted by Gasteiger charge is 2.41. The Kier molecular flexibility index (Phi) is 6.30. The van der Waals surface area contributed by atoms with Crippen molar-refractivity contribution in [3.8, 4) is 5.75 Å². The van der Waals surface area contributed by atoms with E-state index in [9.17, 15) is 4.79 Å². The Labute approximate surface area is 183 Å². The fourth-order valence-corrected chi connectivity index (χ4v) is 4.69. The van der Waals surface area contributed by atoms with Crippen LogP contribution in [0.3, 0.4) is 0 Å². The minimum Gasteiger partial charge on any atom is -0.497 e. The van der Waals surface area contributed by atoms with Crippen molar-refractivity contribution in [2.24, 2.45) is 5.92 Å². The van der Waals surface area contributed by atoms with E-state index in [0.29, 0.717) is 6.54 Å². The molecule has 30 heavy (non-hydrogen) atoms. The molecule has 2 aliphatic rings. The van der Waals surface area contributed by atoms with Gasteiger partial charge in [-0.3, -0.25) is 9.69 Å². The molecule has 2 atom stereocenters. The van der Waals surface area contributed by atoms with Crippen molar-refractivity contribution in [3.63, 3.8) is 0 Å². The summed E-state index contributed by atoms with van der Waals surface area (Å²) in [6.45, 7) is 7.73. The van der Waals surface area contributed by atoms with Gasteiger partial charge >= 0.3 is 0 Å². The third kappa shape index (κ3) is 4.32. The van der Waals surface area contributed by atoms with Crippen molar-refractivity contribution >= 4 is 23.2 Å². The molecule has 5 nitrogen and oxygen atoms in total. The molecule has 2 aromatic rings. The summed E-state index contributed by atoms with van der Waals surface area (Å²) in [5.41, 5.74) is 3.63. The lowest BCUT2D eigenvalue weighted by Gasteiger charge is -2.49. The van der Waals surface area contributed by atoms with Gasteiger partial charge < -0.3 is 15.0 Å². The van der Waals surface area contributed by atoms with Crippen molar-refractivity contribution in [3.05, 3.63) is 71.3 Å². The highest BCUT2D eigenvalue weighted by atomic mass is 35.5. The van der Waals surface area contributed by atoms with Crippen LogP contribution in [0.15, 0.2) is 55.1 Å². The Bertz CT molecular complexity index is 915. The van der Waals surface area contributed by atoms with Gasteiger partial charge in [0.1, 0.15) is 5.75 Å². The first-order valence-corrected chi connectivity index (χ1v) is 10.8. The smallest absolute Gasteiger partial charge is 0.225 e. The average Bonchev–Trinajstić information content (AvgIpc) is 2.78. The van der Waals surface area contributed by atoms with Gasteiger partial charge in [0.25, 0.3) is 0 Å². The first-order chi connectivity index (χ1) is 14.6. The Hall–Kier alpha value is -2.50. The second-order valence-electron chi connectivity index (χ2n) is 7.96. The molecule has 1 fully saturated rings. The number of carbonyl (C=O) groups is 1. The van der Waals surface area contributed by atoms with Gasteiger partial charge in [0.05, 0.1) is 19.1 Å². The van der Waals surface area contributed by atoms with Crippen LogP contribution in [0.5, 0.6) is 5.75 Å². The maximum atomic E-state index is 13.0. The van der Waals surface area contributed by atoms with Crippen LogP contribution in [-0.2, 0) is 17.8 Å². The number of piperazine rings is 1. The number of fused-ring (bicyclic) bond motifs is 3. The van der Waals surface area contributed by atoms with E-state index in [1.54, 1.807) is 13.2 Å². The second kappa shape index (κ2) is 9.11. The number of nitrogens with one attached hydrogen (secondary N) is 1. The molecule has 6 heteroatoms. The van der Waals surface area contributed by atoms with Crippen LogP contribution in [0.2, 0.25) is 5.02 Å². The van der Waals surface area contributed by atoms with Crippen LogP contribution in [0.25, 0.3) is 0 Å². The number of benzene rings is 2. The zero-order valence-corrected chi connectivity index (χ0v) is 18.1. The van der Waals surface area contributed by atoms with Gasteiger partial charge in [0.15, 0.2) is 0 Å². The van der Waals surface area contributed by atoms with Crippen LogP contribution >= 0.6 is 11.6 Å². The summed E-state index contributed by atoms with van der Waals surface area (Å²) in [7, 11) is 1.69. The van der Waals surface area contributed by atoms with Gasteiger partial charge in [-0.25, -0.2) is 0 Å². The predicted molar refractivity (Wildman–Crippen MR) is 121 cm³/mol. The van der Waals surface area contributed by atoms with Crippen LogP contribution in [-0.4, -0.2) is 50.1 Å². The van der Waals surface area contributed by atoms with E-state index in [0.717, 1.165) is 43.4 Å². The first kappa shape index (κ1) is 20.8. The fourth-order valence-electron chi connectivity index (χ4n) is 4.56. The number of anilines is 1. The zero-order valence-electron chi connectivity index (χ0n) is 17.3. The summed E-state index contributed by atoms with van der Waals surface area (Å²) in [6.07, 6.45) is 2.46. The van der Waals surface area contributed by atoms with Gasteiger partial charge in [-0.15, -0.1) is 6.58 Å². The molecule has 2 aliphatic heterocycles. The second-order valence-corrected chi connectivity index (χ2v) is 8.40. The molecule has 1 saturated heterocycles. The molecular weight excluding hydrogens is 398 g/mol. The molecule has 1 N–H and O–H groups in total. The summed E-state index contributed by atoms with van der Waals surface area (Å²) >= 11 is 6.03. The summed E-state index contributed by atoms with van der Waals surface area (Å²) in [5.74, 6) is 0.851. The largest absolute Gasteiger partial charge is 0.497 e. The molecule has 0 spiro atoms. The van der Waals surface area contributed by atoms with E-state index >= 15 is 0 Å². The number of hydrogen-bond acceptors (Lipinski definition) is 4. The molecule has 0 radical (unpaired) electrons. The van der Waals surface area contributed by atoms with E-state index in [2.05, 4.69) is 46.0 Å². The average molecular weight is 426 g/mol. The number of methoxy groups -OCH3 is 1. The monoisotopic (exact) mass is 425 g/mol. The van der Waals surface area contributed by atoms with Crippen molar-refractivity contribution in [2.45, 2.75) is 19.0 Å². The lowest BCUT2D eigenvalue weighted by molar-refractivity contribution is -0.126. The predicted octanol–water partition coefficient (Wildman–Crippen LogP) is 3.51. The van der Waals surface area contributed by atoms with Gasteiger partial charge in [0.2, 0.25) is 5.91 Å². The van der Waals surface area contributed by atoms with Crippen molar-refractivity contribution in [1.29, 1.82) is 0 Å². The quantitative estimate of drug-likeness (QED) is 0.719. The summed E-state index contributed by atoms with van der Waals surface area (Å²) < 4.78 is 5.46. The minimum atomic E-state index is -0.0983. The Morgan fingerprint density at radius 2 is 2.07 bits per heavy atom. The number of ether oxygens (including phenoxy) is 1. The zero-order chi connectivity index (χ0) is 21.1. The van der Waals surface area contributed by atoms with Crippen molar-refractivity contribution in [2.75, 3.05) is 38.2 Å². The molecule has 1 amide bonds. The summed E-state index contributed by atoms with van der Waals surface area (Å²) in [5, 5.41) is 3.77. The van der Waals surface area contributed by atoms with E-state index in [4.69, 9.17) is 16.3 Å². The summed E-state index contributed by atoms with van der Waals surface area (Å²) in [6, 6.07) is 14.3. The van der Waals surface area contributed by atoms with E-state index in [1.165, 1.54) is 16.8 Å². The Morgan fingerprint density at radius 3 is 2.80 bits per heavy atom. The highest BCUT2D eigenvalue weighted by molar-refractivity contribution is 6.30. The number of hydrogen-bond donors (Lipinski definition) is 1. The Morgan fingerprint density at radius 1 is 1.27 bits per heavy atom. The SMILES string of the molecule is C=CCNC(=O)[C@H]1Cc2ccc(OC)cc2N2CCN(Cc3ccc(Cl)cc3)C[C@H]12. The number of amides is 1. The molecule has 0 unspecified atom stereocenters. The van der Waals surface area contributed by atoms with E-state index in [1.807, 2.05) is 18.2 Å². The third-order valence-electron chi connectivity index (χ3n) is 6.09. The number of rotatable bonds is 6. The number of nitrogens with zero attached hydrogens (tertiary/aromatic N) is 2. The van der Waals surface area contributed by atoms with E-state index < -0.39 is 0 Å². The maximum Gasteiger partial charge on any atom is 0.225 e. The molecule has 4 rings (SSSR count). The lowest BCUT2D eigenvalue weighted by atomic mass is 9.83. The van der Waals surface area contributed by atoms with Gasteiger partial charge in [-0.1, -0.05) is 35.9 Å². The topological polar surface area (TPSA) is 44.8 Å². The van der Waals surface area contributed by atoms with Crippen LogP contribution in [0.1, 0.15) is 11.1 Å². The third-order valence-corrected chi connectivity index (χ3v) is 6.34. The van der Waals surface area contributed by atoms with E-state index in [-0.39, 0.29) is 17.9 Å². The molecule has 2 aromatic carbocycles. The van der Waals surface area contributed by atoms with Gasteiger partial charge in [-0.05, 0) is 35.7 Å². The van der Waals surface area contributed by atoms with Gasteiger partial charge in [-0.2, -0.15) is 0 Å². The molecule has 0 aromatic heterocycles. The first-order valence-electron chi connectivity index (χ1n) is 10.4. The lowest BCUT2D eigenvalue weighted by Crippen LogP contribution is -2.60.